The lowest BCUT2D eigenvalue weighted by atomic mass is 9.95. The van der Waals surface area contributed by atoms with Crippen LogP contribution >= 0.6 is 0 Å². The van der Waals surface area contributed by atoms with Crippen molar-refractivity contribution in [3.63, 3.8) is 0 Å². The number of benzene rings is 1. The molecule has 0 aliphatic carbocycles. The molecule has 1 aromatic carbocycles. The van der Waals surface area contributed by atoms with E-state index in [-0.39, 0.29) is 11.3 Å². The molecule has 182 valence electrons. The molecular formula is C27H35N3O4. The monoisotopic (exact) mass is 465 g/mol. The van der Waals surface area contributed by atoms with Crippen LogP contribution in [0.2, 0.25) is 0 Å². The molecule has 1 aliphatic heterocycles. The minimum Gasteiger partial charge on any atom is -0.507 e. The van der Waals surface area contributed by atoms with Crippen molar-refractivity contribution in [1.82, 2.24) is 14.8 Å². The average Bonchev–Trinajstić information content (AvgIpc) is 3.09. The Kier molecular flexibility index (Phi) is 8.82. The van der Waals surface area contributed by atoms with Crippen molar-refractivity contribution in [2.24, 2.45) is 5.92 Å². The van der Waals surface area contributed by atoms with E-state index >= 15 is 0 Å². The fraction of sp³-hybridized carbons (Fsp3) is 0.444. The van der Waals surface area contributed by atoms with Gasteiger partial charge in [-0.15, -0.1) is 0 Å². The molecule has 3 rings (SSSR count). The van der Waals surface area contributed by atoms with Gasteiger partial charge in [0.25, 0.3) is 11.7 Å². The van der Waals surface area contributed by atoms with Gasteiger partial charge >= 0.3 is 0 Å². The van der Waals surface area contributed by atoms with Gasteiger partial charge in [0.2, 0.25) is 0 Å². The Hall–Kier alpha value is -3.19. The minimum atomic E-state index is -0.697. The average molecular weight is 466 g/mol. The maximum atomic E-state index is 13.2. The fourth-order valence-corrected chi connectivity index (χ4v) is 4.10. The lowest BCUT2D eigenvalue weighted by Crippen LogP contribution is -2.38. The number of rotatable bonds is 11. The van der Waals surface area contributed by atoms with Gasteiger partial charge in [-0.2, -0.15) is 0 Å². The summed E-state index contributed by atoms with van der Waals surface area (Å²) in [5.74, 6) is -0.266. The van der Waals surface area contributed by atoms with E-state index in [1.807, 2.05) is 24.3 Å². The smallest absolute Gasteiger partial charge is 0.295 e. The molecule has 0 spiro atoms. The Bertz CT molecular complexity index is 1020. The van der Waals surface area contributed by atoms with Crippen molar-refractivity contribution in [3.05, 3.63) is 65.5 Å². The van der Waals surface area contributed by atoms with Crippen molar-refractivity contribution in [2.45, 2.75) is 40.2 Å². The first kappa shape index (κ1) is 25.4. The number of nitrogens with zero attached hydrogens (tertiary/aromatic N) is 3. The van der Waals surface area contributed by atoms with Gasteiger partial charge < -0.3 is 19.6 Å². The van der Waals surface area contributed by atoms with Crippen LogP contribution in [0.4, 0.5) is 0 Å². The molecule has 0 radical (unpaired) electrons. The summed E-state index contributed by atoms with van der Waals surface area (Å²) in [4.78, 5) is 34.0. The Balaban J connectivity index is 2.02. The number of ketones is 1. The number of likely N-dealkylation sites (N-methyl/N-ethyl adjacent to an activating group) is 1. The maximum Gasteiger partial charge on any atom is 0.295 e. The largest absolute Gasteiger partial charge is 0.507 e. The summed E-state index contributed by atoms with van der Waals surface area (Å²) in [7, 11) is 0. The zero-order valence-electron chi connectivity index (χ0n) is 20.5. The number of likely N-dealkylation sites (tertiary alicyclic amines) is 1. The minimum absolute atomic E-state index is 0.0927. The van der Waals surface area contributed by atoms with E-state index in [1.165, 1.54) is 0 Å². The van der Waals surface area contributed by atoms with Crippen LogP contribution in [0.3, 0.4) is 0 Å². The summed E-state index contributed by atoms with van der Waals surface area (Å²) in [6.45, 7) is 11.7. The quantitative estimate of drug-likeness (QED) is 0.303. The van der Waals surface area contributed by atoms with Gasteiger partial charge in [0, 0.05) is 31.0 Å². The third-order valence-electron chi connectivity index (χ3n) is 6.18. The molecular weight excluding hydrogens is 430 g/mol. The predicted molar refractivity (Wildman–Crippen MR) is 132 cm³/mol. The van der Waals surface area contributed by atoms with Crippen molar-refractivity contribution in [2.75, 3.05) is 32.8 Å². The van der Waals surface area contributed by atoms with Gasteiger partial charge in [-0.25, -0.2) is 0 Å². The number of hydrogen-bond acceptors (Lipinski definition) is 6. The number of carbonyl (C=O) groups is 2. The standard InChI is InChI=1S/C27H35N3O4/c1-5-29(6-2)15-16-30-24(21-8-7-9-22(18-21)34-17-12-19(3)4)23(26(32)27(30)33)25(31)20-10-13-28-14-11-20/h7-11,13-14,18-19,24,31H,5-6,12,15-17H2,1-4H3. The van der Waals surface area contributed by atoms with Gasteiger partial charge in [-0.1, -0.05) is 39.8 Å². The second kappa shape index (κ2) is 11.8. The number of pyridine rings is 1. The number of amides is 1. The molecule has 0 bridgehead atoms. The van der Waals surface area contributed by atoms with Gasteiger partial charge in [0.15, 0.2) is 0 Å². The maximum absolute atomic E-state index is 13.2. The second-order valence-electron chi connectivity index (χ2n) is 8.86. The Morgan fingerprint density at radius 2 is 1.85 bits per heavy atom. The van der Waals surface area contributed by atoms with Crippen LogP contribution in [0.1, 0.15) is 51.3 Å². The van der Waals surface area contributed by atoms with Gasteiger partial charge in [-0.05, 0) is 55.3 Å². The zero-order valence-corrected chi connectivity index (χ0v) is 20.5. The number of Topliss-reactive ketones (excluding diaryl/α,β-unsaturated/α-hetero) is 1. The van der Waals surface area contributed by atoms with E-state index in [9.17, 15) is 14.7 Å². The highest BCUT2D eigenvalue weighted by Crippen LogP contribution is 2.40. The van der Waals surface area contributed by atoms with E-state index < -0.39 is 17.7 Å². The van der Waals surface area contributed by atoms with E-state index in [0.717, 1.165) is 25.1 Å². The molecule has 1 atom stereocenters. The first-order valence-corrected chi connectivity index (χ1v) is 12.0. The first-order valence-electron chi connectivity index (χ1n) is 12.0. The molecule has 1 fully saturated rings. The molecule has 1 saturated heterocycles. The molecule has 2 heterocycles. The molecule has 0 saturated carbocycles. The van der Waals surface area contributed by atoms with Crippen LogP contribution in [0.5, 0.6) is 5.75 Å². The summed E-state index contributed by atoms with van der Waals surface area (Å²) in [5, 5.41) is 11.1. The lowest BCUT2D eigenvalue weighted by Gasteiger charge is -2.28. The highest BCUT2D eigenvalue weighted by molar-refractivity contribution is 6.46. The number of carbonyl (C=O) groups excluding carboxylic acids is 2. The molecule has 1 amide bonds. The van der Waals surface area contributed by atoms with Crippen molar-refractivity contribution >= 4 is 17.4 Å². The normalized spacial score (nSPS) is 17.7. The van der Waals surface area contributed by atoms with E-state index in [4.69, 9.17) is 4.74 Å². The Morgan fingerprint density at radius 1 is 1.15 bits per heavy atom. The third-order valence-corrected chi connectivity index (χ3v) is 6.18. The summed E-state index contributed by atoms with van der Waals surface area (Å²) in [6, 6.07) is 10.0. The molecule has 1 aliphatic rings. The van der Waals surface area contributed by atoms with E-state index in [0.29, 0.717) is 36.9 Å². The van der Waals surface area contributed by atoms with E-state index in [1.54, 1.807) is 29.4 Å². The molecule has 7 nitrogen and oxygen atoms in total. The Labute approximate surface area is 202 Å². The molecule has 2 aromatic rings. The van der Waals surface area contributed by atoms with Crippen molar-refractivity contribution < 1.29 is 19.4 Å². The first-order chi connectivity index (χ1) is 16.4. The summed E-state index contributed by atoms with van der Waals surface area (Å²) >= 11 is 0. The molecule has 7 heteroatoms. The number of hydrogen-bond donors (Lipinski definition) is 1. The van der Waals surface area contributed by atoms with Gasteiger partial charge in [0.05, 0.1) is 18.2 Å². The number of aliphatic hydroxyl groups is 1. The zero-order chi connectivity index (χ0) is 24.7. The van der Waals surface area contributed by atoms with Crippen LogP contribution in [-0.2, 0) is 9.59 Å². The van der Waals surface area contributed by atoms with Crippen LogP contribution in [0.15, 0.2) is 54.4 Å². The summed E-state index contributed by atoms with van der Waals surface area (Å²) < 4.78 is 5.94. The topological polar surface area (TPSA) is 83.0 Å². The second-order valence-corrected chi connectivity index (χ2v) is 8.86. The van der Waals surface area contributed by atoms with E-state index in [2.05, 4.69) is 37.6 Å². The van der Waals surface area contributed by atoms with Crippen molar-refractivity contribution in [3.8, 4) is 5.75 Å². The highest BCUT2D eigenvalue weighted by Gasteiger charge is 2.46. The Morgan fingerprint density at radius 3 is 2.50 bits per heavy atom. The van der Waals surface area contributed by atoms with Crippen molar-refractivity contribution in [1.29, 1.82) is 0 Å². The SMILES string of the molecule is CCN(CC)CCN1C(=O)C(=O)C(=C(O)c2ccncc2)C1c1cccc(OCCC(C)C)c1. The molecule has 1 N–H and O–H groups in total. The lowest BCUT2D eigenvalue weighted by molar-refractivity contribution is -0.140. The molecule has 1 unspecified atom stereocenters. The van der Waals surface area contributed by atoms with Gasteiger partial charge in [-0.3, -0.25) is 14.6 Å². The summed E-state index contributed by atoms with van der Waals surface area (Å²) in [5.41, 5.74) is 1.28. The number of aromatic nitrogens is 1. The number of aliphatic hydroxyl groups excluding tert-OH is 1. The fourth-order valence-electron chi connectivity index (χ4n) is 4.10. The molecule has 1 aromatic heterocycles. The predicted octanol–water partition coefficient (Wildman–Crippen LogP) is 4.27. The third kappa shape index (κ3) is 5.83. The van der Waals surface area contributed by atoms with Crippen LogP contribution in [0, 0.1) is 5.92 Å². The number of ether oxygens (including phenoxy) is 1. The summed E-state index contributed by atoms with van der Waals surface area (Å²) in [6.07, 6.45) is 4.02. The highest BCUT2D eigenvalue weighted by atomic mass is 16.5. The van der Waals surface area contributed by atoms with Crippen LogP contribution in [0.25, 0.3) is 5.76 Å². The van der Waals surface area contributed by atoms with Gasteiger partial charge in [0.1, 0.15) is 11.5 Å². The van der Waals surface area contributed by atoms with Crippen LogP contribution < -0.4 is 4.74 Å². The molecule has 34 heavy (non-hydrogen) atoms. The van der Waals surface area contributed by atoms with Crippen LogP contribution in [-0.4, -0.2) is 64.4 Å².